The van der Waals surface area contributed by atoms with Gasteiger partial charge in [-0.2, -0.15) is 0 Å². The van der Waals surface area contributed by atoms with E-state index in [9.17, 15) is 4.79 Å². The molecule has 0 aliphatic carbocycles. The highest BCUT2D eigenvalue weighted by molar-refractivity contribution is 9.10. The van der Waals surface area contributed by atoms with Gasteiger partial charge >= 0.3 is 0 Å². The Bertz CT molecular complexity index is 361. The molecule has 0 aromatic heterocycles. The summed E-state index contributed by atoms with van der Waals surface area (Å²) in [5.74, 6) is 0.501. The van der Waals surface area contributed by atoms with Gasteiger partial charge in [-0.15, -0.1) is 11.6 Å². The average molecular weight is 305 g/mol. The number of benzene rings is 1. The van der Waals surface area contributed by atoms with Crippen molar-refractivity contribution in [2.45, 2.75) is 26.3 Å². The van der Waals surface area contributed by atoms with Crippen LogP contribution in [0.25, 0.3) is 0 Å². The number of carbonyl (C=O) groups is 1. The molecular formula is C12H15BrClNO. The van der Waals surface area contributed by atoms with E-state index in [1.54, 1.807) is 0 Å². The molecule has 1 amide bonds. The van der Waals surface area contributed by atoms with Crippen LogP contribution in [-0.4, -0.2) is 17.8 Å². The van der Waals surface area contributed by atoms with E-state index in [0.717, 1.165) is 16.5 Å². The normalized spacial score (nSPS) is 12.2. The number of rotatable bonds is 4. The van der Waals surface area contributed by atoms with E-state index >= 15 is 0 Å². The minimum absolute atomic E-state index is 0.0537. The van der Waals surface area contributed by atoms with Crippen molar-refractivity contribution < 1.29 is 4.79 Å². The lowest BCUT2D eigenvalue weighted by molar-refractivity contribution is 0.0939. The van der Waals surface area contributed by atoms with Crippen molar-refractivity contribution in [3.8, 4) is 0 Å². The van der Waals surface area contributed by atoms with Gasteiger partial charge < -0.3 is 5.32 Å². The second-order valence-corrected chi connectivity index (χ2v) is 5.16. The summed E-state index contributed by atoms with van der Waals surface area (Å²) in [4.78, 5) is 11.9. The van der Waals surface area contributed by atoms with Gasteiger partial charge in [0.1, 0.15) is 0 Å². The van der Waals surface area contributed by atoms with E-state index in [1.807, 2.05) is 32.0 Å². The maximum absolute atomic E-state index is 11.9. The van der Waals surface area contributed by atoms with Gasteiger partial charge in [0, 0.05) is 22.0 Å². The molecule has 1 aromatic rings. The molecule has 0 bridgehead atoms. The van der Waals surface area contributed by atoms with Crippen LogP contribution in [0, 0.1) is 6.92 Å². The Hall–Kier alpha value is -0.540. The number of nitrogens with one attached hydrogen (secondary N) is 1. The first kappa shape index (κ1) is 13.5. The van der Waals surface area contributed by atoms with Crippen LogP contribution in [0.5, 0.6) is 0 Å². The standard InChI is InChI=1S/C12H15BrClNO/c1-8-5-10(7-11(13)6-8)12(16)15-9(2)3-4-14/h5-7,9H,3-4H2,1-2H3,(H,15,16). The van der Waals surface area contributed by atoms with Crippen LogP contribution in [0.3, 0.4) is 0 Å². The van der Waals surface area contributed by atoms with Gasteiger partial charge in [-0.05, 0) is 44.0 Å². The van der Waals surface area contributed by atoms with Gasteiger partial charge in [0.25, 0.3) is 5.91 Å². The Morgan fingerprint density at radius 3 is 2.75 bits per heavy atom. The van der Waals surface area contributed by atoms with E-state index in [0.29, 0.717) is 11.4 Å². The van der Waals surface area contributed by atoms with Gasteiger partial charge in [-0.1, -0.05) is 15.9 Å². The number of hydrogen-bond donors (Lipinski definition) is 1. The van der Waals surface area contributed by atoms with Gasteiger partial charge in [0.05, 0.1) is 0 Å². The molecule has 0 fully saturated rings. The molecule has 1 rings (SSSR count). The molecule has 1 unspecified atom stereocenters. The molecular weight excluding hydrogens is 289 g/mol. The second-order valence-electron chi connectivity index (χ2n) is 3.87. The van der Waals surface area contributed by atoms with Crippen LogP contribution in [0.1, 0.15) is 29.3 Å². The first-order valence-electron chi connectivity index (χ1n) is 5.17. The fraction of sp³-hybridized carbons (Fsp3) is 0.417. The van der Waals surface area contributed by atoms with Crippen LogP contribution >= 0.6 is 27.5 Å². The van der Waals surface area contributed by atoms with E-state index in [4.69, 9.17) is 11.6 Å². The summed E-state index contributed by atoms with van der Waals surface area (Å²) in [6.45, 7) is 3.91. The Labute approximate surface area is 110 Å². The average Bonchev–Trinajstić information content (AvgIpc) is 2.16. The summed E-state index contributed by atoms with van der Waals surface area (Å²) in [6, 6.07) is 5.76. The summed E-state index contributed by atoms with van der Waals surface area (Å²) in [5, 5.41) is 2.91. The summed E-state index contributed by atoms with van der Waals surface area (Å²) in [5.41, 5.74) is 1.73. The van der Waals surface area contributed by atoms with E-state index in [-0.39, 0.29) is 11.9 Å². The van der Waals surface area contributed by atoms with Gasteiger partial charge in [0.15, 0.2) is 0 Å². The molecule has 0 radical (unpaired) electrons. The number of carbonyl (C=O) groups excluding carboxylic acids is 1. The zero-order chi connectivity index (χ0) is 12.1. The minimum Gasteiger partial charge on any atom is -0.350 e. The molecule has 1 atom stereocenters. The molecule has 0 saturated carbocycles. The maximum atomic E-state index is 11.9. The molecule has 1 aromatic carbocycles. The zero-order valence-corrected chi connectivity index (χ0v) is 11.7. The highest BCUT2D eigenvalue weighted by Crippen LogP contribution is 2.15. The topological polar surface area (TPSA) is 29.1 Å². The maximum Gasteiger partial charge on any atom is 0.251 e. The van der Waals surface area contributed by atoms with Crippen LogP contribution in [0.4, 0.5) is 0 Å². The Morgan fingerprint density at radius 2 is 2.19 bits per heavy atom. The van der Waals surface area contributed by atoms with Crippen LogP contribution in [-0.2, 0) is 0 Å². The summed E-state index contributed by atoms with van der Waals surface area (Å²) >= 11 is 8.99. The highest BCUT2D eigenvalue weighted by atomic mass is 79.9. The van der Waals surface area contributed by atoms with Crippen molar-refractivity contribution in [3.05, 3.63) is 33.8 Å². The third-order valence-corrected chi connectivity index (χ3v) is 2.90. The monoisotopic (exact) mass is 303 g/mol. The number of aryl methyl sites for hydroxylation is 1. The number of alkyl halides is 1. The van der Waals surface area contributed by atoms with E-state index in [1.165, 1.54) is 0 Å². The molecule has 0 aliphatic heterocycles. The van der Waals surface area contributed by atoms with Crippen molar-refractivity contribution in [1.29, 1.82) is 0 Å². The fourth-order valence-electron chi connectivity index (χ4n) is 1.41. The molecule has 4 heteroatoms. The van der Waals surface area contributed by atoms with Gasteiger partial charge in [-0.3, -0.25) is 4.79 Å². The van der Waals surface area contributed by atoms with Gasteiger partial charge in [0.2, 0.25) is 0 Å². The molecule has 0 spiro atoms. The zero-order valence-electron chi connectivity index (χ0n) is 9.39. The van der Waals surface area contributed by atoms with Crippen LogP contribution in [0.15, 0.2) is 22.7 Å². The van der Waals surface area contributed by atoms with Crippen molar-refractivity contribution in [2.75, 3.05) is 5.88 Å². The summed E-state index contributed by atoms with van der Waals surface area (Å²) in [6.07, 6.45) is 0.778. The SMILES string of the molecule is Cc1cc(Br)cc(C(=O)NC(C)CCCl)c1. The molecule has 16 heavy (non-hydrogen) atoms. The third kappa shape index (κ3) is 4.14. The quantitative estimate of drug-likeness (QED) is 0.848. The molecule has 2 nitrogen and oxygen atoms in total. The molecule has 0 aliphatic rings. The smallest absolute Gasteiger partial charge is 0.251 e. The van der Waals surface area contributed by atoms with Gasteiger partial charge in [-0.25, -0.2) is 0 Å². The molecule has 0 heterocycles. The molecule has 1 N–H and O–H groups in total. The number of amides is 1. The lowest BCUT2D eigenvalue weighted by Crippen LogP contribution is -2.32. The Balaban J connectivity index is 2.72. The first-order chi connectivity index (χ1) is 7.52. The largest absolute Gasteiger partial charge is 0.350 e. The predicted molar refractivity (Wildman–Crippen MR) is 71.1 cm³/mol. The molecule has 88 valence electrons. The highest BCUT2D eigenvalue weighted by Gasteiger charge is 2.10. The Kier molecular flexibility index (Phi) is 5.29. The first-order valence-corrected chi connectivity index (χ1v) is 6.49. The minimum atomic E-state index is -0.0537. The fourth-order valence-corrected chi connectivity index (χ4v) is 2.35. The van der Waals surface area contributed by atoms with E-state index in [2.05, 4.69) is 21.2 Å². The van der Waals surface area contributed by atoms with Crippen molar-refractivity contribution >= 4 is 33.4 Å². The second kappa shape index (κ2) is 6.26. The lowest BCUT2D eigenvalue weighted by Gasteiger charge is -2.12. The molecule has 0 saturated heterocycles. The van der Waals surface area contributed by atoms with Crippen LogP contribution in [0.2, 0.25) is 0 Å². The van der Waals surface area contributed by atoms with E-state index < -0.39 is 0 Å². The Morgan fingerprint density at radius 1 is 1.50 bits per heavy atom. The summed E-state index contributed by atoms with van der Waals surface area (Å²) < 4.78 is 0.919. The van der Waals surface area contributed by atoms with Crippen molar-refractivity contribution in [3.63, 3.8) is 0 Å². The predicted octanol–water partition coefficient (Wildman–Crippen LogP) is 3.50. The van der Waals surface area contributed by atoms with Crippen molar-refractivity contribution in [1.82, 2.24) is 5.32 Å². The number of halogens is 2. The van der Waals surface area contributed by atoms with Crippen molar-refractivity contribution in [2.24, 2.45) is 0 Å². The number of hydrogen-bond acceptors (Lipinski definition) is 1. The van der Waals surface area contributed by atoms with Crippen LogP contribution < -0.4 is 5.32 Å². The summed E-state index contributed by atoms with van der Waals surface area (Å²) in [7, 11) is 0. The third-order valence-electron chi connectivity index (χ3n) is 2.22. The lowest BCUT2D eigenvalue weighted by atomic mass is 10.1.